The van der Waals surface area contributed by atoms with Gasteiger partial charge in [-0.15, -0.1) is 0 Å². The summed E-state index contributed by atoms with van der Waals surface area (Å²) in [7, 11) is 1.50. The second kappa shape index (κ2) is 6.23. The molecule has 1 fully saturated rings. The Balaban J connectivity index is 1.86. The van der Waals surface area contributed by atoms with E-state index in [4.69, 9.17) is 4.84 Å². The minimum absolute atomic E-state index is 0.119. The highest BCUT2D eigenvalue weighted by Gasteiger charge is 2.28. The number of nitrogens with zero attached hydrogens (tertiary/aromatic N) is 3. The summed E-state index contributed by atoms with van der Waals surface area (Å²) in [5.41, 5.74) is 3.89. The predicted molar refractivity (Wildman–Crippen MR) is 78.3 cm³/mol. The molecule has 0 bridgehead atoms. The van der Waals surface area contributed by atoms with Gasteiger partial charge in [-0.3, -0.25) is 10.3 Å². The van der Waals surface area contributed by atoms with Crippen molar-refractivity contribution in [3.63, 3.8) is 0 Å². The molecule has 0 spiro atoms. The van der Waals surface area contributed by atoms with Crippen LogP contribution in [0, 0.1) is 11.6 Å². The van der Waals surface area contributed by atoms with Crippen LogP contribution in [0.5, 0.6) is 0 Å². The molecule has 1 N–H and O–H groups in total. The first-order valence-corrected chi connectivity index (χ1v) is 7.01. The van der Waals surface area contributed by atoms with Gasteiger partial charge in [0.15, 0.2) is 0 Å². The predicted octanol–water partition coefficient (Wildman–Crippen LogP) is 3.07. The van der Waals surface area contributed by atoms with Crippen LogP contribution in [-0.2, 0) is 4.84 Å². The normalized spacial score (nSPS) is 17.8. The number of nitrogens with one attached hydrogen (secondary N) is 1. The summed E-state index contributed by atoms with van der Waals surface area (Å²) in [6, 6.07) is 3.50. The van der Waals surface area contributed by atoms with Crippen molar-refractivity contribution >= 4 is 11.6 Å². The van der Waals surface area contributed by atoms with Crippen LogP contribution in [0.1, 0.15) is 24.4 Å². The molecule has 1 atom stereocenters. The van der Waals surface area contributed by atoms with E-state index in [1.54, 1.807) is 12.4 Å². The van der Waals surface area contributed by atoms with Crippen molar-refractivity contribution in [2.75, 3.05) is 24.0 Å². The van der Waals surface area contributed by atoms with Crippen LogP contribution in [0.15, 0.2) is 30.6 Å². The molecule has 0 amide bonds. The number of hydrogen-bond donors (Lipinski definition) is 1. The fourth-order valence-electron chi connectivity index (χ4n) is 2.76. The third kappa shape index (κ3) is 2.99. The molecule has 2 aromatic rings. The Morgan fingerprint density at radius 2 is 1.86 bits per heavy atom. The molecule has 1 unspecified atom stereocenters. The van der Waals surface area contributed by atoms with Gasteiger partial charge in [0.05, 0.1) is 31.2 Å². The van der Waals surface area contributed by atoms with Gasteiger partial charge in [0.2, 0.25) is 5.95 Å². The van der Waals surface area contributed by atoms with E-state index < -0.39 is 11.6 Å². The van der Waals surface area contributed by atoms with E-state index in [2.05, 4.69) is 15.4 Å². The van der Waals surface area contributed by atoms with Gasteiger partial charge in [-0.05, 0) is 30.5 Å². The Morgan fingerprint density at radius 1 is 1.18 bits per heavy atom. The minimum Gasteiger partial charge on any atom is -0.334 e. The minimum atomic E-state index is -0.567. The number of rotatable bonds is 4. The molecule has 1 aromatic heterocycles. The first-order valence-electron chi connectivity index (χ1n) is 7.01. The third-order valence-electron chi connectivity index (χ3n) is 3.64. The highest BCUT2D eigenvalue weighted by Crippen LogP contribution is 2.35. The maximum atomic E-state index is 13.4. The summed E-state index contributed by atoms with van der Waals surface area (Å²) in [6.45, 7) is 0.750. The Hall–Kier alpha value is -2.28. The van der Waals surface area contributed by atoms with Crippen LogP contribution in [-0.4, -0.2) is 23.6 Å². The SMILES string of the molecule is CONc1cnc(N2CCCC2c2cc(F)cc(F)c2)nc1. The van der Waals surface area contributed by atoms with Crippen molar-refractivity contribution in [3.8, 4) is 0 Å². The fourth-order valence-corrected chi connectivity index (χ4v) is 2.76. The Labute approximate surface area is 126 Å². The molecule has 1 aromatic carbocycles. The molecule has 116 valence electrons. The van der Waals surface area contributed by atoms with E-state index in [0.717, 1.165) is 25.5 Å². The quantitative estimate of drug-likeness (QED) is 0.880. The van der Waals surface area contributed by atoms with Crippen molar-refractivity contribution in [1.82, 2.24) is 9.97 Å². The van der Waals surface area contributed by atoms with E-state index in [1.807, 2.05) is 4.90 Å². The summed E-state index contributed by atoms with van der Waals surface area (Å²) >= 11 is 0. The van der Waals surface area contributed by atoms with Crippen LogP contribution in [0.3, 0.4) is 0 Å². The summed E-state index contributed by atoms with van der Waals surface area (Å²) < 4.78 is 26.9. The van der Waals surface area contributed by atoms with Crippen LogP contribution >= 0.6 is 0 Å². The van der Waals surface area contributed by atoms with Gasteiger partial charge in [-0.1, -0.05) is 0 Å². The standard InChI is InChI=1S/C15H16F2N4O/c1-22-20-13-8-18-15(19-9-13)21-4-2-3-14(21)10-5-11(16)7-12(17)6-10/h5-9,14,20H,2-4H2,1H3. The molecule has 22 heavy (non-hydrogen) atoms. The van der Waals surface area contributed by atoms with E-state index in [9.17, 15) is 8.78 Å². The first-order chi connectivity index (χ1) is 10.7. The molecule has 5 nitrogen and oxygen atoms in total. The first kappa shape index (κ1) is 14.6. The lowest BCUT2D eigenvalue weighted by Gasteiger charge is -2.25. The van der Waals surface area contributed by atoms with Crippen molar-refractivity contribution in [3.05, 3.63) is 47.8 Å². The van der Waals surface area contributed by atoms with Gasteiger partial charge in [-0.2, -0.15) is 0 Å². The van der Waals surface area contributed by atoms with E-state index in [1.165, 1.54) is 19.2 Å². The Bertz CT molecular complexity index is 630. The molecule has 2 heterocycles. The number of halogens is 2. The zero-order chi connectivity index (χ0) is 15.5. The number of hydrogen-bond acceptors (Lipinski definition) is 5. The van der Waals surface area contributed by atoms with Gasteiger partial charge < -0.3 is 4.90 Å². The molecule has 3 rings (SSSR count). The monoisotopic (exact) mass is 306 g/mol. The molecule has 0 aliphatic carbocycles. The largest absolute Gasteiger partial charge is 0.334 e. The lowest BCUT2D eigenvalue weighted by molar-refractivity contribution is 0.270. The van der Waals surface area contributed by atoms with Gasteiger partial charge in [0.1, 0.15) is 11.6 Å². The third-order valence-corrected chi connectivity index (χ3v) is 3.64. The maximum absolute atomic E-state index is 13.4. The molecule has 0 saturated carbocycles. The topological polar surface area (TPSA) is 50.3 Å². The van der Waals surface area contributed by atoms with Crippen LogP contribution in [0.2, 0.25) is 0 Å². The Morgan fingerprint density at radius 3 is 2.50 bits per heavy atom. The summed E-state index contributed by atoms with van der Waals surface area (Å²) in [5, 5.41) is 0. The van der Waals surface area contributed by atoms with E-state index in [0.29, 0.717) is 17.2 Å². The number of anilines is 2. The fraction of sp³-hybridized carbons (Fsp3) is 0.333. The van der Waals surface area contributed by atoms with E-state index >= 15 is 0 Å². The van der Waals surface area contributed by atoms with Crippen molar-refractivity contribution in [1.29, 1.82) is 0 Å². The lowest BCUT2D eigenvalue weighted by atomic mass is 10.0. The zero-order valence-electron chi connectivity index (χ0n) is 12.1. The van der Waals surface area contributed by atoms with Crippen molar-refractivity contribution < 1.29 is 13.6 Å². The number of benzene rings is 1. The van der Waals surface area contributed by atoms with Gasteiger partial charge >= 0.3 is 0 Å². The van der Waals surface area contributed by atoms with Crippen molar-refractivity contribution in [2.24, 2.45) is 0 Å². The van der Waals surface area contributed by atoms with Gasteiger partial charge in [0, 0.05) is 12.6 Å². The highest BCUT2D eigenvalue weighted by atomic mass is 19.1. The lowest BCUT2D eigenvalue weighted by Crippen LogP contribution is -2.24. The van der Waals surface area contributed by atoms with Crippen LogP contribution in [0.25, 0.3) is 0 Å². The molecular formula is C15H16F2N4O. The molecule has 7 heteroatoms. The van der Waals surface area contributed by atoms with E-state index in [-0.39, 0.29) is 6.04 Å². The molecule has 0 radical (unpaired) electrons. The zero-order valence-corrected chi connectivity index (χ0v) is 12.1. The van der Waals surface area contributed by atoms with Crippen LogP contribution in [0.4, 0.5) is 20.4 Å². The number of aromatic nitrogens is 2. The molecule has 1 aliphatic rings. The summed E-state index contributed by atoms with van der Waals surface area (Å²) in [6.07, 6.45) is 4.94. The maximum Gasteiger partial charge on any atom is 0.225 e. The van der Waals surface area contributed by atoms with Crippen molar-refractivity contribution in [2.45, 2.75) is 18.9 Å². The second-order valence-corrected chi connectivity index (χ2v) is 5.13. The summed E-state index contributed by atoms with van der Waals surface area (Å²) in [4.78, 5) is 15.3. The molecule has 1 aliphatic heterocycles. The Kier molecular flexibility index (Phi) is 4.15. The smallest absolute Gasteiger partial charge is 0.225 e. The molecular weight excluding hydrogens is 290 g/mol. The average molecular weight is 306 g/mol. The molecule has 1 saturated heterocycles. The van der Waals surface area contributed by atoms with Gasteiger partial charge in [-0.25, -0.2) is 18.7 Å². The van der Waals surface area contributed by atoms with Crippen LogP contribution < -0.4 is 10.4 Å². The van der Waals surface area contributed by atoms with Gasteiger partial charge in [0.25, 0.3) is 0 Å². The summed E-state index contributed by atoms with van der Waals surface area (Å²) in [5.74, 6) is -0.598. The highest BCUT2D eigenvalue weighted by molar-refractivity contribution is 5.43. The average Bonchev–Trinajstić information content (AvgIpc) is 2.97. The second-order valence-electron chi connectivity index (χ2n) is 5.13.